The summed E-state index contributed by atoms with van der Waals surface area (Å²) in [6.07, 6.45) is 3.16. The molecule has 1 aliphatic rings. The zero-order valence-corrected chi connectivity index (χ0v) is 18.0. The van der Waals surface area contributed by atoms with Crippen LogP contribution in [0.3, 0.4) is 0 Å². The first kappa shape index (κ1) is 21.5. The molecule has 3 aromatic rings. The molecular weight excluding hydrogens is 436 g/mol. The Hall–Kier alpha value is -3.72. The Morgan fingerprint density at radius 2 is 1.84 bits per heavy atom. The molecule has 2 N–H and O–H groups in total. The van der Waals surface area contributed by atoms with Gasteiger partial charge in [-0.1, -0.05) is 11.6 Å². The molecule has 0 fully saturated rings. The molecule has 166 valence electrons. The Morgan fingerprint density at radius 1 is 1.09 bits per heavy atom. The molecule has 9 nitrogen and oxygen atoms in total. The highest BCUT2D eigenvalue weighted by Crippen LogP contribution is 2.38. The molecule has 2 aromatic carbocycles. The molecule has 2 heterocycles. The van der Waals surface area contributed by atoms with Crippen molar-refractivity contribution in [2.75, 3.05) is 31.0 Å². The van der Waals surface area contributed by atoms with Gasteiger partial charge >= 0.3 is 0 Å². The maximum atomic E-state index is 12.4. The van der Waals surface area contributed by atoms with Gasteiger partial charge in [0.05, 0.1) is 30.4 Å². The minimum Gasteiger partial charge on any atom is -0.497 e. The maximum Gasteiger partial charge on any atom is 0.246 e. The van der Waals surface area contributed by atoms with E-state index >= 15 is 0 Å². The van der Waals surface area contributed by atoms with Crippen LogP contribution in [-0.4, -0.2) is 41.9 Å². The van der Waals surface area contributed by atoms with Crippen LogP contribution in [0, 0.1) is 0 Å². The number of hydrogen-bond donors (Lipinski definition) is 2. The van der Waals surface area contributed by atoms with Crippen LogP contribution < -0.4 is 24.8 Å². The Balaban J connectivity index is 1.31. The zero-order valence-electron chi connectivity index (χ0n) is 17.3. The molecule has 0 atom stereocenters. The number of fused-ring (bicyclic) bond motifs is 1. The fourth-order valence-electron chi connectivity index (χ4n) is 3.19. The van der Waals surface area contributed by atoms with Gasteiger partial charge in [-0.15, -0.1) is 0 Å². The summed E-state index contributed by atoms with van der Waals surface area (Å²) in [6, 6.07) is 10.4. The van der Waals surface area contributed by atoms with E-state index in [1.807, 2.05) is 0 Å². The maximum absolute atomic E-state index is 12.4. The van der Waals surface area contributed by atoms with Crippen molar-refractivity contribution in [1.82, 2.24) is 9.78 Å². The molecule has 2 amide bonds. The van der Waals surface area contributed by atoms with Crippen LogP contribution in [0.5, 0.6) is 17.2 Å². The first-order valence-corrected chi connectivity index (χ1v) is 10.2. The SMILES string of the molecule is COc1ccc(NC(=O)Cn2cc(NC(=O)Cc3cc(Cl)c4c(c3)OCCO4)cn2)cc1. The number of rotatable bonds is 7. The van der Waals surface area contributed by atoms with E-state index in [9.17, 15) is 9.59 Å². The van der Waals surface area contributed by atoms with Gasteiger partial charge in [-0.2, -0.15) is 5.10 Å². The number of halogens is 1. The average molecular weight is 457 g/mol. The van der Waals surface area contributed by atoms with Crippen molar-refractivity contribution in [3.63, 3.8) is 0 Å². The van der Waals surface area contributed by atoms with E-state index in [0.717, 1.165) is 0 Å². The molecule has 0 bridgehead atoms. The van der Waals surface area contributed by atoms with E-state index in [2.05, 4.69) is 15.7 Å². The zero-order chi connectivity index (χ0) is 22.5. The Bertz CT molecular complexity index is 1130. The van der Waals surface area contributed by atoms with Gasteiger partial charge in [0.15, 0.2) is 11.5 Å². The summed E-state index contributed by atoms with van der Waals surface area (Å²) in [6.45, 7) is 0.874. The van der Waals surface area contributed by atoms with E-state index in [-0.39, 0.29) is 24.8 Å². The van der Waals surface area contributed by atoms with Crippen LogP contribution in [0.2, 0.25) is 5.02 Å². The van der Waals surface area contributed by atoms with Crippen LogP contribution in [0.4, 0.5) is 11.4 Å². The summed E-state index contributed by atoms with van der Waals surface area (Å²) >= 11 is 6.22. The van der Waals surface area contributed by atoms with Gasteiger partial charge in [0.2, 0.25) is 11.8 Å². The predicted molar refractivity (Wildman–Crippen MR) is 119 cm³/mol. The highest BCUT2D eigenvalue weighted by Gasteiger charge is 2.18. The van der Waals surface area contributed by atoms with E-state index in [4.69, 9.17) is 25.8 Å². The number of amides is 2. The second kappa shape index (κ2) is 9.61. The van der Waals surface area contributed by atoms with E-state index in [0.29, 0.717) is 52.4 Å². The summed E-state index contributed by atoms with van der Waals surface area (Å²) in [5.41, 5.74) is 1.83. The number of benzene rings is 2. The number of carbonyl (C=O) groups is 2. The molecule has 0 unspecified atom stereocenters. The van der Waals surface area contributed by atoms with Gasteiger partial charge in [0.25, 0.3) is 0 Å². The molecule has 1 aliphatic heterocycles. The summed E-state index contributed by atoms with van der Waals surface area (Å²) < 4.78 is 17.6. The van der Waals surface area contributed by atoms with Gasteiger partial charge in [0, 0.05) is 11.9 Å². The first-order chi connectivity index (χ1) is 15.5. The normalized spacial score (nSPS) is 12.2. The Morgan fingerprint density at radius 3 is 2.62 bits per heavy atom. The standard InChI is InChI=1S/C22H21ClN4O5/c1-30-17-4-2-15(3-5-17)25-21(29)13-27-12-16(11-24-27)26-20(28)10-14-8-18(23)22-19(9-14)31-6-7-32-22/h2-5,8-9,11-12H,6-7,10,13H2,1H3,(H,25,29)(H,26,28). The Labute approximate surface area is 189 Å². The number of hydrogen-bond acceptors (Lipinski definition) is 6. The van der Waals surface area contributed by atoms with Crippen LogP contribution in [-0.2, 0) is 22.6 Å². The quantitative estimate of drug-likeness (QED) is 0.566. The van der Waals surface area contributed by atoms with Crippen molar-refractivity contribution in [3.05, 3.63) is 59.4 Å². The summed E-state index contributed by atoms with van der Waals surface area (Å²) in [7, 11) is 1.58. The molecule has 32 heavy (non-hydrogen) atoms. The summed E-state index contributed by atoms with van der Waals surface area (Å²) in [4.78, 5) is 24.7. The van der Waals surface area contributed by atoms with Crippen molar-refractivity contribution in [1.29, 1.82) is 0 Å². The minimum absolute atomic E-state index is 0.000329. The number of anilines is 2. The second-order valence-electron chi connectivity index (χ2n) is 7.03. The highest BCUT2D eigenvalue weighted by molar-refractivity contribution is 6.32. The Kier molecular flexibility index (Phi) is 6.46. The molecule has 0 aliphatic carbocycles. The average Bonchev–Trinajstić information content (AvgIpc) is 3.20. The fraction of sp³-hybridized carbons (Fsp3) is 0.227. The van der Waals surface area contributed by atoms with Crippen molar-refractivity contribution < 1.29 is 23.8 Å². The third-order valence-electron chi connectivity index (χ3n) is 4.62. The topological polar surface area (TPSA) is 104 Å². The number of ether oxygens (including phenoxy) is 3. The molecular formula is C22H21ClN4O5. The number of methoxy groups -OCH3 is 1. The molecule has 0 radical (unpaired) electrons. The highest BCUT2D eigenvalue weighted by atomic mass is 35.5. The smallest absolute Gasteiger partial charge is 0.246 e. The number of carbonyl (C=O) groups excluding carboxylic acids is 2. The number of nitrogens with zero attached hydrogens (tertiary/aromatic N) is 2. The van der Waals surface area contributed by atoms with E-state index in [1.165, 1.54) is 10.9 Å². The van der Waals surface area contributed by atoms with E-state index < -0.39 is 0 Å². The van der Waals surface area contributed by atoms with Crippen molar-refractivity contribution in [2.24, 2.45) is 0 Å². The molecule has 0 saturated carbocycles. The first-order valence-electron chi connectivity index (χ1n) is 9.84. The third kappa shape index (κ3) is 5.30. The lowest BCUT2D eigenvalue weighted by Crippen LogP contribution is -2.19. The van der Waals surface area contributed by atoms with Crippen molar-refractivity contribution >= 4 is 34.8 Å². The van der Waals surface area contributed by atoms with Crippen LogP contribution in [0.15, 0.2) is 48.8 Å². The molecule has 1 aromatic heterocycles. The lowest BCUT2D eigenvalue weighted by molar-refractivity contribution is -0.117. The van der Waals surface area contributed by atoms with Crippen LogP contribution in [0.1, 0.15) is 5.56 Å². The second-order valence-corrected chi connectivity index (χ2v) is 7.44. The van der Waals surface area contributed by atoms with Gasteiger partial charge in [0.1, 0.15) is 25.5 Å². The third-order valence-corrected chi connectivity index (χ3v) is 4.90. The molecule has 10 heteroatoms. The summed E-state index contributed by atoms with van der Waals surface area (Å²) in [5.74, 6) is 1.23. The molecule has 0 saturated heterocycles. The summed E-state index contributed by atoms with van der Waals surface area (Å²) in [5, 5.41) is 10.1. The monoisotopic (exact) mass is 456 g/mol. The van der Waals surface area contributed by atoms with Gasteiger partial charge in [-0.25, -0.2) is 0 Å². The minimum atomic E-state index is -0.250. The number of nitrogens with one attached hydrogen (secondary N) is 2. The fourth-order valence-corrected chi connectivity index (χ4v) is 3.48. The van der Waals surface area contributed by atoms with Crippen molar-refractivity contribution in [3.8, 4) is 17.2 Å². The lowest BCUT2D eigenvalue weighted by atomic mass is 10.1. The van der Waals surface area contributed by atoms with Gasteiger partial charge < -0.3 is 24.8 Å². The van der Waals surface area contributed by atoms with E-state index in [1.54, 1.807) is 49.7 Å². The number of aromatic nitrogens is 2. The van der Waals surface area contributed by atoms with Crippen LogP contribution in [0.25, 0.3) is 0 Å². The van der Waals surface area contributed by atoms with Gasteiger partial charge in [-0.3, -0.25) is 14.3 Å². The van der Waals surface area contributed by atoms with Gasteiger partial charge in [-0.05, 0) is 42.0 Å². The molecule has 0 spiro atoms. The predicted octanol–water partition coefficient (Wildman–Crippen LogP) is 3.14. The van der Waals surface area contributed by atoms with Crippen molar-refractivity contribution in [2.45, 2.75) is 13.0 Å². The largest absolute Gasteiger partial charge is 0.497 e. The van der Waals surface area contributed by atoms with Crippen LogP contribution >= 0.6 is 11.6 Å². The molecule has 4 rings (SSSR count). The lowest BCUT2D eigenvalue weighted by Gasteiger charge is -2.20.